The zero-order valence-electron chi connectivity index (χ0n) is 8.15. The van der Waals surface area contributed by atoms with Crippen LogP contribution in [0.3, 0.4) is 0 Å². The zero-order chi connectivity index (χ0) is 11.5. The number of aromatic nitrogens is 1. The van der Waals surface area contributed by atoms with Gasteiger partial charge in [0, 0.05) is 29.0 Å². The van der Waals surface area contributed by atoms with Crippen LogP contribution in [0.15, 0.2) is 36.5 Å². The second-order valence-electron chi connectivity index (χ2n) is 3.19. The number of rotatable bonds is 2. The largest absolute Gasteiger partial charge is 0.298 e. The summed E-state index contributed by atoms with van der Waals surface area (Å²) < 4.78 is 26.2. The van der Waals surface area contributed by atoms with Crippen LogP contribution in [0.4, 0.5) is 8.78 Å². The number of hydrogen-bond donors (Lipinski definition) is 0. The molecule has 0 N–H and O–H groups in total. The summed E-state index contributed by atoms with van der Waals surface area (Å²) in [6, 6.07) is 6.94. The van der Waals surface area contributed by atoms with E-state index in [2.05, 4.69) is 4.98 Å². The lowest BCUT2D eigenvalue weighted by molar-refractivity contribution is 0.112. The smallest absolute Gasteiger partial charge is 0.213 e. The second kappa shape index (κ2) is 4.18. The summed E-state index contributed by atoms with van der Waals surface area (Å²) in [6.07, 6.45) is 1.63. The molecule has 2 aromatic rings. The molecule has 2 rings (SSSR count). The number of carbonyl (C=O) groups excluding carboxylic acids is 1. The van der Waals surface area contributed by atoms with Crippen molar-refractivity contribution < 1.29 is 13.6 Å². The van der Waals surface area contributed by atoms with E-state index in [0.29, 0.717) is 6.29 Å². The minimum Gasteiger partial charge on any atom is -0.298 e. The molecule has 1 aromatic heterocycles. The molecule has 4 heteroatoms. The van der Waals surface area contributed by atoms with Crippen molar-refractivity contribution in [2.24, 2.45) is 0 Å². The first-order valence-electron chi connectivity index (χ1n) is 4.58. The molecular weight excluding hydrogens is 212 g/mol. The normalized spacial score (nSPS) is 10.1. The van der Waals surface area contributed by atoms with E-state index < -0.39 is 11.8 Å². The van der Waals surface area contributed by atoms with Crippen molar-refractivity contribution >= 4 is 6.29 Å². The number of hydrogen-bond acceptors (Lipinski definition) is 2. The van der Waals surface area contributed by atoms with Crippen LogP contribution in [0.5, 0.6) is 0 Å². The molecule has 80 valence electrons. The third-order valence-corrected chi connectivity index (χ3v) is 2.19. The van der Waals surface area contributed by atoms with Crippen LogP contribution in [0.1, 0.15) is 10.4 Å². The summed E-state index contributed by atoms with van der Waals surface area (Å²) >= 11 is 0. The topological polar surface area (TPSA) is 30.0 Å². The predicted molar refractivity (Wildman–Crippen MR) is 55.0 cm³/mol. The Hall–Kier alpha value is -2.10. The summed E-state index contributed by atoms with van der Waals surface area (Å²) in [5, 5.41) is 0. The molecule has 2 nitrogen and oxygen atoms in total. The van der Waals surface area contributed by atoms with Crippen LogP contribution in [-0.4, -0.2) is 11.3 Å². The van der Waals surface area contributed by atoms with Gasteiger partial charge < -0.3 is 0 Å². The van der Waals surface area contributed by atoms with Gasteiger partial charge in [0.15, 0.2) is 6.29 Å². The fourth-order valence-corrected chi connectivity index (χ4v) is 1.45. The van der Waals surface area contributed by atoms with E-state index in [1.165, 1.54) is 18.2 Å². The molecule has 0 aliphatic carbocycles. The summed E-state index contributed by atoms with van der Waals surface area (Å²) in [5.74, 6) is -1.24. The van der Waals surface area contributed by atoms with Gasteiger partial charge >= 0.3 is 0 Å². The van der Waals surface area contributed by atoms with Crippen LogP contribution in [0.25, 0.3) is 11.1 Å². The number of halogens is 2. The Labute approximate surface area is 90.6 Å². The molecule has 0 atom stereocenters. The van der Waals surface area contributed by atoms with Crippen molar-refractivity contribution in [1.82, 2.24) is 4.98 Å². The number of nitrogens with zero attached hydrogens (tertiary/aromatic N) is 1. The molecule has 0 unspecified atom stereocenters. The average molecular weight is 219 g/mol. The van der Waals surface area contributed by atoms with Crippen LogP contribution in [-0.2, 0) is 0 Å². The van der Waals surface area contributed by atoms with Gasteiger partial charge in [-0.3, -0.25) is 4.79 Å². The third-order valence-electron chi connectivity index (χ3n) is 2.19. The molecule has 1 heterocycles. The monoisotopic (exact) mass is 219 g/mol. The van der Waals surface area contributed by atoms with Crippen molar-refractivity contribution in [3.8, 4) is 11.1 Å². The van der Waals surface area contributed by atoms with Gasteiger partial charge in [-0.2, -0.15) is 4.39 Å². The molecule has 0 saturated carbocycles. The second-order valence-corrected chi connectivity index (χ2v) is 3.19. The Bertz CT molecular complexity index is 540. The van der Waals surface area contributed by atoms with Crippen LogP contribution in [0, 0.1) is 11.8 Å². The molecule has 0 aliphatic heterocycles. The Morgan fingerprint density at radius 3 is 2.56 bits per heavy atom. The molecule has 0 radical (unpaired) electrons. The summed E-state index contributed by atoms with van der Waals surface area (Å²) in [5.41, 5.74) is 0.601. The van der Waals surface area contributed by atoms with Gasteiger partial charge in [-0.05, 0) is 6.07 Å². The highest BCUT2D eigenvalue weighted by molar-refractivity contribution is 5.87. The maximum absolute atomic E-state index is 13.5. The van der Waals surface area contributed by atoms with Crippen molar-refractivity contribution in [3.63, 3.8) is 0 Å². The number of pyridine rings is 1. The first-order valence-corrected chi connectivity index (χ1v) is 4.58. The molecule has 0 spiro atoms. The molecule has 0 saturated heterocycles. The maximum atomic E-state index is 13.5. The lowest BCUT2D eigenvalue weighted by Crippen LogP contribution is -1.94. The van der Waals surface area contributed by atoms with E-state index >= 15 is 0 Å². The fourth-order valence-electron chi connectivity index (χ4n) is 1.45. The SMILES string of the molecule is O=Cc1cc(F)ncc1-c1ccccc1F. The maximum Gasteiger partial charge on any atom is 0.213 e. The first-order chi connectivity index (χ1) is 7.72. The van der Waals surface area contributed by atoms with Gasteiger partial charge in [0.05, 0.1) is 0 Å². The lowest BCUT2D eigenvalue weighted by Gasteiger charge is -2.05. The van der Waals surface area contributed by atoms with E-state index in [1.807, 2.05) is 0 Å². The standard InChI is InChI=1S/C12H7F2NO/c13-11-4-2-1-3-9(11)10-6-15-12(14)5-8(10)7-16/h1-7H. The fraction of sp³-hybridized carbons (Fsp3) is 0. The summed E-state index contributed by atoms with van der Waals surface area (Å²) in [4.78, 5) is 14.2. The predicted octanol–water partition coefficient (Wildman–Crippen LogP) is 2.84. The molecule has 0 fully saturated rings. The quantitative estimate of drug-likeness (QED) is 0.574. The molecule has 0 aliphatic rings. The molecule has 16 heavy (non-hydrogen) atoms. The van der Waals surface area contributed by atoms with Crippen molar-refractivity contribution in [2.75, 3.05) is 0 Å². The number of benzene rings is 1. The van der Waals surface area contributed by atoms with E-state index in [9.17, 15) is 13.6 Å². The van der Waals surface area contributed by atoms with Crippen molar-refractivity contribution in [3.05, 3.63) is 53.9 Å². The van der Waals surface area contributed by atoms with E-state index in [4.69, 9.17) is 0 Å². The zero-order valence-corrected chi connectivity index (χ0v) is 8.15. The minimum atomic E-state index is -0.762. The highest BCUT2D eigenvalue weighted by Gasteiger charge is 2.10. The Balaban J connectivity index is 2.65. The molecule has 1 aromatic carbocycles. The van der Waals surface area contributed by atoms with E-state index in [1.54, 1.807) is 6.07 Å². The van der Waals surface area contributed by atoms with Crippen molar-refractivity contribution in [1.29, 1.82) is 0 Å². The molecule has 0 bridgehead atoms. The Kier molecular flexibility index (Phi) is 2.72. The van der Waals surface area contributed by atoms with Gasteiger partial charge in [-0.25, -0.2) is 9.37 Å². The van der Waals surface area contributed by atoms with Gasteiger partial charge in [0.25, 0.3) is 0 Å². The first kappa shape index (κ1) is 10.4. The van der Waals surface area contributed by atoms with Crippen molar-refractivity contribution in [2.45, 2.75) is 0 Å². The van der Waals surface area contributed by atoms with Gasteiger partial charge in [0.1, 0.15) is 5.82 Å². The van der Waals surface area contributed by atoms with E-state index in [-0.39, 0.29) is 16.7 Å². The number of aldehydes is 1. The summed E-state index contributed by atoms with van der Waals surface area (Å²) in [7, 11) is 0. The third kappa shape index (κ3) is 1.82. The van der Waals surface area contributed by atoms with Crippen LogP contribution >= 0.6 is 0 Å². The van der Waals surface area contributed by atoms with Gasteiger partial charge in [0.2, 0.25) is 5.95 Å². The lowest BCUT2D eigenvalue weighted by atomic mass is 10.0. The van der Waals surface area contributed by atoms with Gasteiger partial charge in [-0.1, -0.05) is 18.2 Å². The van der Waals surface area contributed by atoms with E-state index in [0.717, 1.165) is 12.3 Å². The average Bonchev–Trinajstić information content (AvgIpc) is 2.30. The molecule has 0 amide bonds. The Morgan fingerprint density at radius 1 is 1.12 bits per heavy atom. The minimum absolute atomic E-state index is 0.0811. The molecular formula is C12H7F2NO. The van der Waals surface area contributed by atoms with Crippen LogP contribution in [0.2, 0.25) is 0 Å². The number of carbonyl (C=O) groups is 1. The van der Waals surface area contributed by atoms with Gasteiger partial charge in [-0.15, -0.1) is 0 Å². The Morgan fingerprint density at radius 2 is 1.88 bits per heavy atom. The summed E-state index contributed by atoms with van der Waals surface area (Å²) in [6.45, 7) is 0. The van der Waals surface area contributed by atoms with Crippen LogP contribution < -0.4 is 0 Å². The highest BCUT2D eigenvalue weighted by Crippen LogP contribution is 2.24. The highest BCUT2D eigenvalue weighted by atomic mass is 19.1.